The van der Waals surface area contributed by atoms with Crippen molar-refractivity contribution in [1.82, 2.24) is 0 Å². The summed E-state index contributed by atoms with van der Waals surface area (Å²) in [5.41, 5.74) is 8.82. The van der Waals surface area contributed by atoms with E-state index >= 15 is 0 Å². The molecular formula is C14H14ClNS. The molecule has 1 aliphatic rings. The van der Waals surface area contributed by atoms with E-state index in [0.29, 0.717) is 0 Å². The van der Waals surface area contributed by atoms with Crippen LogP contribution in [0.4, 0.5) is 0 Å². The molecule has 0 fully saturated rings. The molecule has 1 atom stereocenters. The number of halogens is 1. The van der Waals surface area contributed by atoms with Crippen LogP contribution in [0.25, 0.3) is 0 Å². The number of aryl methyl sites for hydroxylation is 2. The van der Waals surface area contributed by atoms with Crippen LogP contribution in [0.1, 0.15) is 33.3 Å². The molecule has 2 aromatic rings. The van der Waals surface area contributed by atoms with Crippen molar-refractivity contribution in [1.29, 1.82) is 0 Å². The van der Waals surface area contributed by atoms with Crippen LogP contribution in [0.3, 0.4) is 0 Å². The lowest BCUT2D eigenvalue weighted by atomic mass is 10.1. The van der Waals surface area contributed by atoms with Crippen molar-refractivity contribution in [2.45, 2.75) is 25.3 Å². The molecule has 3 heteroatoms. The highest BCUT2D eigenvalue weighted by molar-refractivity contribution is 7.12. The summed E-state index contributed by atoms with van der Waals surface area (Å²) in [6, 6.07) is 10.0. The van der Waals surface area contributed by atoms with Gasteiger partial charge >= 0.3 is 0 Å². The largest absolute Gasteiger partial charge is 0.320 e. The lowest BCUT2D eigenvalue weighted by molar-refractivity contribution is 0.882. The molecule has 2 N–H and O–H groups in total. The second kappa shape index (κ2) is 4.45. The predicted octanol–water partition coefficient (Wildman–Crippen LogP) is 3.94. The van der Waals surface area contributed by atoms with E-state index in [1.54, 1.807) is 0 Å². The molecule has 3 rings (SSSR count). The molecule has 1 aromatic heterocycles. The van der Waals surface area contributed by atoms with E-state index in [1.807, 2.05) is 35.6 Å². The van der Waals surface area contributed by atoms with Crippen molar-refractivity contribution < 1.29 is 0 Å². The van der Waals surface area contributed by atoms with Crippen LogP contribution < -0.4 is 5.73 Å². The van der Waals surface area contributed by atoms with Gasteiger partial charge in [0.1, 0.15) is 0 Å². The molecular weight excluding hydrogens is 250 g/mol. The zero-order valence-electron chi connectivity index (χ0n) is 9.45. The Kier molecular flexibility index (Phi) is 2.95. The number of benzene rings is 1. The van der Waals surface area contributed by atoms with Gasteiger partial charge in [-0.25, -0.2) is 0 Å². The second-order valence-electron chi connectivity index (χ2n) is 4.45. The summed E-state index contributed by atoms with van der Waals surface area (Å²) in [5, 5.41) is 0.758. The molecule has 1 aliphatic carbocycles. The van der Waals surface area contributed by atoms with E-state index in [4.69, 9.17) is 17.3 Å². The first-order chi connectivity index (χ1) is 8.25. The Hall–Kier alpha value is -0.830. The lowest BCUT2D eigenvalue weighted by Crippen LogP contribution is -2.10. The topological polar surface area (TPSA) is 26.0 Å². The SMILES string of the molecule is NC(c1cc2c(s1)CCC2)c1ccccc1Cl. The van der Waals surface area contributed by atoms with E-state index in [-0.39, 0.29) is 6.04 Å². The van der Waals surface area contributed by atoms with Gasteiger partial charge in [0.25, 0.3) is 0 Å². The normalized spacial score (nSPS) is 15.9. The number of nitrogens with two attached hydrogens (primary N) is 1. The first-order valence-electron chi connectivity index (χ1n) is 5.87. The van der Waals surface area contributed by atoms with Crippen LogP contribution in [0, 0.1) is 0 Å². The van der Waals surface area contributed by atoms with Crippen molar-refractivity contribution in [3.05, 3.63) is 56.2 Å². The Labute approximate surface area is 110 Å². The maximum absolute atomic E-state index is 6.30. The molecule has 0 bridgehead atoms. The maximum atomic E-state index is 6.30. The maximum Gasteiger partial charge on any atom is 0.0660 e. The monoisotopic (exact) mass is 263 g/mol. The van der Waals surface area contributed by atoms with Crippen LogP contribution in [0.15, 0.2) is 30.3 Å². The summed E-state index contributed by atoms with van der Waals surface area (Å²) >= 11 is 8.04. The van der Waals surface area contributed by atoms with Gasteiger partial charge in [0.2, 0.25) is 0 Å². The smallest absolute Gasteiger partial charge is 0.0660 e. The standard InChI is InChI=1S/C14H14ClNS/c15-11-6-2-1-5-10(11)14(16)13-8-9-4-3-7-12(9)17-13/h1-2,5-6,8,14H,3-4,7,16H2. The van der Waals surface area contributed by atoms with Gasteiger partial charge in [-0.15, -0.1) is 11.3 Å². The predicted molar refractivity (Wildman–Crippen MR) is 73.8 cm³/mol. The molecule has 1 unspecified atom stereocenters. The van der Waals surface area contributed by atoms with Crippen LogP contribution in [-0.4, -0.2) is 0 Å². The molecule has 88 valence electrons. The van der Waals surface area contributed by atoms with Crippen molar-refractivity contribution in [3.8, 4) is 0 Å². The van der Waals surface area contributed by atoms with E-state index < -0.39 is 0 Å². The van der Waals surface area contributed by atoms with Crippen molar-refractivity contribution in [2.24, 2.45) is 5.73 Å². The fraction of sp³-hybridized carbons (Fsp3) is 0.286. The number of hydrogen-bond acceptors (Lipinski definition) is 2. The molecule has 0 saturated carbocycles. The molecule has 0 radical (unpaired) electrons. The summed E-state index contributed by atoms with van der Waals surface area (Å²) in [6.07, 6.45) is 3.72. The summed E-state index contributed by atoms with van der Waals surface area (Å²) < 4.78 is 0. The average molecular weight is 264 g/mol. The third-order valence-corrected chi connectivity index (χ3v) is 4.98. The number of hydrogen-bond donors (Lipinski definition) is 1. The summed E-state index contributed by atoms with van der Waals surface area (Å²) in [5.74, 6) is 0. The Morgan fingerprint density at radius 2 is 2.06 bits per heavy atom. The lowest BCUT2D eigenvalue weighted by Gasteiger charge is -2.11. The van der Waals surface area contributed by atoms with Gasteiger partial charge in [-0.05, 0) is 42.5 Å². The van der Waals surface area contributed by atoms with E-state index in [2.05, 4.69) is 6.07 Å². The van der Waals surface area contributed by atoms with Crippen LogP contribution in [0.5, 0.6) is 0 Å². The van der Waals surface area contributed by atoms with Crippen molar-refractivity contribution >= 4 is 22.9 Å². The zero-order chi connectivity index (χ0) is 11.8. The minimum absolute atomic E-state index is 0.0840. The minimum Gasteiger partial charge on any atom is -0.320 e. The highest BCUT2D eigenvalue weighted by Gasteiger charge is 2.20. The molecule has 0 aliphatic heterocycles. The number of fused-ring (bicyclic) bond motifs is 1. The Morgan fingerprint density at radius 1 is 1.24 bits per heavy atom. The summed E-state index contributed by atoms with van der Waals surface area (Å²) in [7, 11) is 0. The number of rotatable bonds is 2. The average Bonchev–Trinajstić information content (AvgIpc) is 2.88. The van der Waals surface area contributed by atoms with Gasteiger partial charge < -0.3 is 5.73 Å². The van der Waals surface area contributed by atoms with Crippen LogP contribution in [0.2, 0.25) is 5.02 Å². The highest BCUT2D eigenvalue weighted by Crippen LogP contribution is 2.36. The van der Waals surface area contributed by atoms with Crippen LogP contribution in [-0.2, 0) is 12.8 Å². The Balaban J connectivity index is 1.96. The summed E-state index contributed by atoms with van der Waals surface area (Å²) in [6.45, 7) is 0. The van der Waals surface area contributed by atoms with Crippen LogP contribution >= 0.6 is 22.9 Å². The van der Waals surface area contributed by atoms with Gasteiger partial charge in [-0.3, -0.25) is 0 Å². The zero-order valence-corrected chi connectivity index (χ0v) is 11.0. The highest BCUT2D eigenvalue weighted by atomic mass is 35.5. The molecule has 0 amide bonds. The Bertz CT molecular complexity index is 525. The molecule has 1 nitrogen and oxygen atoms in total. The molecule has 17 heavy (non-hydrogen) atoms. The Morgan fingerprint density at radius 3 is 2.82 bits per heavy atom. The molecule has 0 spiro atoms. The first kappa shape index (κ1) is 11.3. The van der Waals surface area contributed by atoms with Gasteiger partial charge in [0.15, 0.2) is 0 Å². The molecule has 1 heterocycles. The summed E-state index contributed by atoms with van der Waals surface area (Å²) in [4.78, 5) is 2.75. The number of thiophene rings is 1. The van der Waals surface area contributed by atoms with Crippen molar-refractivity contribution in [2.75, 3.05) is 0 Å². The molecule has 0 saturated heterocycles. The quantitative estimate of drug-likeness (QED) is 0.873. The minimum atomic E-state index is -0.0840. The van der Waals surface area contributed by atoms with Gasteiger partial charge in [-0.2, -0.15) is 0 Å². The van der Waals surface area contributed by atoms with Gasteiger partial charge in [0.05, 0.1) is 6.04 Å². The van der Waals surface area contributed by atoms with E-state index in [9.17, 15) is 0 Å². The van der Waals surface area contributed by atoms with Gasteiger partial charge in [-0.1, -0.05) is 29.8 Å². The third-order valence-electron chi connectivity index (χ3n) is 3.31. The third kappa shape index (κ3) is 2.01. The fourth-order valence-electron chi connectivity index (χ4n) is 2.39. The van der Waals surface area contributed by atoms with Gasteiger partial charge in [0, 0.05) is 14.8 Å². The fourth-order valence-corrected chi connectivity index (χ4v) is 3.92. The molecule has 1 aromatic carbocycles. The van der Waals surface area contributed by atoms with E-state index in [0.717, 1.165) is 10.6 Å². The second-order valence-corrected chi connectivity index (χ2v) is 6.03. The first-order valence-corrected chi connectivity index (χ1v) is 7.06. The van der Waals surface area contributed by atoms with Crippen molar-refractivity contribution in [3.63, 3.8) is 0 Å². The van der Waals surface area contributed by atoms with E-state index in [1.165, 1.54) is 34.6 Å².